The first-order chi connectivity index (χ1) is 28.3. The smallest absolute Gasteiger partial charge is 0.753 e. The Bertz CT molecular complexity index is 2350. The van der Waals surface area contributed by atoms with Crippen molar-refractivity contribution in [1.82, 2.24) is 19.9 Å². The molecule has 6 aromatic rings. The van der Waals surface area contributed by atoms with Gasteiger partial charge >= 0.3 is 49.0 Å². The predicted molar refractivity (Wildman–Crippen MR) is 239 cm³/mol. The molecule has 60 heavy (non-hydrogen) atoms. The third kappa shape index (κ3) is 16.2. The molecule has 0 aliphatic rings. The Hall–Kier alpha value is -3.84. The van der Waals surface area contributed by atoms with Crippen molar-refractivity contribution in [3.8, 4) is 60.8 Å². The van der Waals surface area contributed by atoms with E-state index in [4.69, 9.17) is 30.5 Å². The van der Waals surface area contributed by atoms with Crippen molar-refractivity contribution in [1.29, 1.82) is 0 Å². The van der Waals surface area contributed by atoms with E-state index in [2.05, 4.69) is 79.7 Å². The minimum atomic E-state index is -1.33. The standard InChI is InChI=1S/C42H42N4O4S2.2CNS.Na.Ru/c1-3-5-7-9-11-32-13-15-40(51-32)28-17-19-43-34(21-28)36-23-30(41-16-14-33(52-41)12-10-8-6-4-2)24-37(45-36)39-26-31(50-27-47)25-38(46-39)35-22-29(42(48)49)18-20-44-35;2*2-1-3;;/h13-27H,3-12H2,1-2H3,(H,48,49);;;;/q;2*-1;+1;+2/p-1. The van der Waals surface area contributed by atoms with Gasteiger partial charge in [-0.05, 0) is 97.5 Å². The zero-order valence-electron chi connectivity index (χ0n) is 33.5. The molecule has 0 atom stereocenters. The first-order valence-electron chi connectivity index (χ1n) is 18.8. The summed E-state index contributed by atoms with van der Waals surface area (Å²) in [6.07, 6.45) is 15.1. The molecule has 0 bridgehead atoms. The van der Waals surface area contributed by atoms with Gasteiger partial charge in [-0.3, -0.25) is 14.8 Å². The van der Waals surface area contributed by atoms with Crippen LogP contribution in [0.25, 0.3) is 65.9 Å². The maximum Gasteiger partial charge on any atom is 2.00 e. The number of pyridine rings is 4. The van der Waals surface area contributed by atoms with E-state index in [-0.39, 0.29) is 66.0 Å². The number of nitrogens with zero attached hydrogens (tertiary/aromatic N) is 6. The van der Waals surface area contributed by atoms with E-state index in [0.29, 0.717) is 29.2 Å². The second-order valence-electron chi connectivity index (χ2n) is 12.9. The Kier molecular flexibility index (Phi) is 25.0. The van der Waals surface area contributed by atoms with Crippen LogP contribution in [0.4, 0.5) is 0 Å². The molecule has 0 spiro atoms. The van der Waals surface area contributed by atoms with Crippen molar-refractivity contribution >= 4 is 69.9 Å². The Morgan fingerprint density at radius 1 is 0.683 bits per heavy atom. The predicted octanol–water partition coefficient (Wildman–Crippen LogP) is 8.19. The number of unbranched alkanes of at least 4 members (excludes halogenated alkanes) is 6. The molecule has 0 N–H and O–H groups in total. The minimum Gasteiger partial charge on any atom is -0.753 e. The molecule has 0 unspecified atom stereocenters. The van der Waals surface area contributed by atoms with Crippen LogP contribution in [-0.2, 0) is 37.1 Å². The number of ether oxygens (including phenoxy) is 1. The van der Waals surface area contributed by atoms with Gasteiger partial charge in [-0.15, -0.1) is 22.7 Å². The topological polar surface area (TPSA) is 163 Å². The van der Waals surface area contributed by atoms with E-state index < -0.39 is 5.97 Å². The molecule has 0 radical (unpaired) electrons. The molecule has 16 heteroatoms. The Balaban J connectivity index is 0.00000146. The third-order valence-corrected chi connectivity index (χ3v) is 11.2. The molecule has 0 aromatic carbocycles. The zero-order chi connectivity index (χ0) is 41.7. The van der Waals surface area contributed by atoms with Crippen molar-refractivity contribution in [3.63, 3.8) is 0 Å². The van der Waals surface area contributed by atoms with Crippen molar-refractivity contribution in [3.05, 3.63) is 111 Å². The van der Waals surface area contributed by atoms with E-state index in [9.17, 15) is 14.7 Å². The Morgan fingerprint density at radius 2 is 1.13 bits per heavy atom. The van der Waals surface area contributed by atoms with Gasteiger partial charge in [0, 0.05) is 49.6 Å². The number of hydrogen-bond acceptors (Lipinski definition) is 12. The summed E-state index contributed by atoms with van der Waals surface area (Å²) in [5.74, 6) is -1.11. The molecule has 0 fully saturated rings. The summed E-state index contributed by atoms with van der Waals surface area (Å²) >= 11 is 11.0. The normalized spacial score (nSPS) is 9.90. The molecule has 0 saturated heterocycles. The maximum atomic E-state index is 11.6. The number of carbonyl (C=O) groups is 2. The minimum absolute atomic E-state index is 0. The van der Waals surface area contributed by atoms with Gasteiger partial charge in [-0.2, -0.15) is 10.3 Å². The number of aromatic nitrogens is 4. The van der Waals surface area contributed by atoms with E-state index in [1.54, 1.807) is 17.4 Å². The largest absolute Gasteiger partial charge is 2.00 e. The number of rotatable bonds is 18. The van der Waals surface area contributed by atoms with E-state index in [1.165, 1.54) is 94.3 Å². The summed E-state index contributed by atoms with van der Waals surface area (Å²) in [5, 5.41) is 28.5. The van der Waals surface area contributed by atoms with E-state index in [0.717, 1.165) is 41.0 Å². The van der Waals surface area contributed by atoms with Gasteiger partial charge in [-0.1, -0.05) is 76.8 Å². The average molecular weight is 970 g/mol. The molecule has 6 rings (SSSR count). The van der Waals surface area contributed by atoms with Crippen LogP contribution in [0.15, 0.2) is 85.2 Å². The van der Waals surface area contributed by atoms with Crippen LogP contribution < -0.4 is 39.4 Å². The van der Waals surface area contributed by atoms with Crippen LogP contribution >= 0.6 is 47.1 Å². The van der Waals surface area contributed by atoms with Crippen LogP contribution in [-0.4, -0.2) is 42.7 Å². The molecule has 0 saturated carbocycles. The Labute approximate surface area is 404 Å². The molecule has 10 nitrogen and oxygen atoms in total. The molecule has 0 amide bonds. The molecule has 6 aromatic heterocycles. The summed E-state index contributed by atoms with van der Waals surface area (Å²) in [6, 6.07) is 22.8. The van der Waals surface area contributed by atoms with Crippen LogP contribution in [0.1, 0.15) is 85.3 Å². The number of aryl methyl sites for hydroxylation is 2. The second-order valence-corrected chi connectivity index (χ2v) is 15.6. The number of thiocarbonyl (C=S) groups is 2. The van der Waals surface area contributed by atoms with E-state index in [1.807, 2.05) is 29.7 Å². The second kappa shape index (κ2) is 28.6. The van der Waals surface area contributed by atoms with E-state index >= 15 is 0 Å². The first-order valence-corrected chi connectivity index (χ1v) is 21.2. The number of carbonyl (C=O) groups excluding carboxylic acids is 2. The average Bonchev–Trinajstić information content (AvgIpc) is 3.92. The molecule has 0 aliphatic carbocycles. The van der Waals surface area contributed by atoms with Crippen molar-refractivity contribution < 1.29 is 68.5 Å². The summed E-state index contributed by atoms with van der Waals surface area (Å²) in [4.78, 5) is 47.1. The van der Waals surface area contributed by atoms with Gasteiger partial charge in [0.1, 0.15) is 5.75 Å². The van der Waals surface area contributed by atoms with Crippen LogP contribution in [0, 0.1) is 0 Å². The number of thiophene rings is 2. The summed E-state index contributed by atoms with van der Waals surface area (Å²) in [5.41, 5.74) is 4.97. The molecular weight excluding hydrogens is 929 g/mol. The quantitative estimate of drug-likeness (QED) is 0.0270. The SMILES string of the molecule is CCCCCCc1ccc(-c2ccnc(-c3cc(-c4ccc(CCCCCC)s4)cc(-c4cc(OC=O)cc(-c5cc(C(=O)[O-])ccn5)n4)n3)c2)s1.[N-]=C=S.[N-]=C=S.[Na+].[Ru+2]. The number of carboxylic acid groups (broad SMARTS) is 1. The van der Waals surface area contributed by atoms with Gasteiger partial charge < -0.3 is 25.5 Å². The first kappa shape index (κ1) is 52.3. The monoisotopic (exact) mass is 970 g/mol. The van der Waals surface area contributed by atoms with Crippen LogP contribution in [0.2, 0.25) is 0 Å². The Morgan fingerprint density at radius 3 is 1.65 bits per heavy atom. The fourth-order valence-electron chi connectivity index (χ4n) is 6.04. The number of hydrogen-bond donors (Lipinski definition) is 0. The fourth-order valence-corrected chi connectivity index (χ4v) is 8.12. The summed E-state index contributed by atoms with van der Waals surface area (Å²) in [7, 11) is 0. The van der Waals surface area contributed by atoms with Gasteiger partial charge in [0.15, 0.2) is 0 Å². The van der Waals surface area contributed by atoms with Crippen LogP contribution in [0.3, 0.4) is 0 Å². The van der Waals surface area contributed by atoms with Crippen molar-refractivity contribution in [2.24, 2.45) is 0 Å². The molecule has 6 heterocycles. The van der Waals surface area contributed by atoms with Crippen molar-refractivity contribution in [2.75, 3.05) is 0 Å². The number of aromatic carboxylic acids is 1. The number of isothiocyanates is 2. The molecular formula is C44H41N6NaO4RuS4. The molecule has 304 valence electrons. The zero-order valence-corrected chi connectivity index (χ0v) is 40.5. The van der Waals surface area contributed by atoms with Gasteiger partial charge in [0.05, 0.1) is 40.1 Å². The van der Waals surface area contributed by atoms with Gasteiger partial charge in [0.2, 0.25) is 0 Å². The molecule has 0 aliphatic heterocycles. The van der Waals surface area contributed by atoms with Gasteiger partial charge in [-0.25, -0.2) is 9.97 Å². The van der Waals surface area contributed by atoms with Crippen LogP contribution in [0.5, 0.6) is 5.75 Å². The fraction of sp³-hybridized carbons (Fsp3) is 0.273. The number of carboxylic acids is 1. The summed E-state index contributed by atoms with van der Waals surface area (Å²) < 4.78 is 5.29. The van der Waals surface area contributed by atoms with Crippen molar-refractivity contribution in [2.45, 2.75) is 78.1 Å². The summed E-state index contributed by atoms with van der Waals surface area (Å²) in [6.45, 7) is 4.80. The maximum absolute atomic E-state index is 11.6. The third-order valence-electron chi connectivity index (χ3n) is 8.80. The van der Waals surface area contributed by atoms with Gasteiger partial charge in [0.25, 0.3) is 6.47 Å².